The molecule has 0 saturated carbocycles. The van der Waals surface area contributed by atoms with Gasteiger partial charge in [-0.3, -0.25) is 4.90 Å². The standard InChI is InChI=1S/C27H28N2O6/c1-15-17(3-5-19-21(15)13-33-25(19)30)7-9-28-10-8-23-24(12-28)35-27(32)29(23)11-18-4-6-20-22(16(18)2)14-34-26(20)31/h3-6,23-24H,7-14H2,1-2H3/p+1/t23-,24+/m0/s1. The Morgan fingerprint density at radius 1 is 0.914 bits per heavy atom. The minimum absolute atomic E-state index is 0.0710. The van der Waals surface area contributed by atoms with Crippen LogP contribution in [0.5, 0.6) is 0 Å². The SMILES string of the molecule is Cc1c(CC[NH+]2CC[C@H]3[C@@H](C2)OC(=O)N3Cc2ccc3c(c2C)COC3=O)ccc2c1COC2=O. The highest BCUT2D eigenvalue weighted by Crippen LogP contribution is 2.30. The largest absolute Gasteiger partial charge is 0.457 e. The summed E-state index contributed by atoms with van der Waals surface area (Å²) in [5.41, 5.74) is 7.70. The number of esters is 2. The Hall–Kier alpha value is -3.39. The Morgan fingerprint density at radius 2 is 1.54 bits per heavy atom. The van der Waals surface area contributed by atoms with E-state index < -0.39 is 0 Å². The third kappa shape index (κ3) is 3.67. The van der Waals surface area contributed by atoms with Gasteiger partial charge in [0.15, 0.2) is 6.10 Å². The number of rotatable bonds is 5. The van der Waals surface area contributed by atoms with Crippen LogP contribution in [0.15, 0.2) is 24.3 Å². The molecular formula is C27H29N2O6+. The molecule has 0 spiro atoms. The monoisotopic (exact) mass is 477 g/mol. The number of carbonyl (C=O) groups excluding carboxylic acids is 3. The average molecular weight is 478 g/mol. The van der Waals surface area contributed by atoms with E-state index in [1.807, 2.05) is 36.1 Å². The molecule has 1 N–H and O–H groups in total. The maximum absolute atomic E-state index is 12.8. The molecule has 2 saturated heterocycles. The summed E-state index contributed by atoms with van der Waals surface area (Å²) in [6.07, 6.45) is 1.43. The molecule has 0 bridgehead atoms. The van der Waals surface area contributed by atoms with Crippen molar-refractivity contribution in [1.29, 1.82) is 0 Å². The molecule has 6 rings (SSSR count). The van der Waals surface area contributed by atoms with Crippen LogP contribution in [0, 0.1) is 13.8 Å². The molecule has 35 heavy (non-hydrogen) atoms. The molecular weight excluding hydrogens is 448 g/mol. The number of cyclic esters (lactones) is 2. The number of hydrogen-bond donors (Lipinski definition) is 1. The van der Waals surface area contributed by atoms with Crippen LogP contribution in [-0.4, -0.2) is 54.7 Å². The van der Waals surface area contributed by atoms with E-state index in [0.29, 0.717) is 30.9 Å². The number of nitrogens with zero attached hydrogens (tertiary/aromatic N) is 1. The van der Waals surface area contributed by atoms with Gasteiger partial charge in [-0.05, 0) is 48.2 Å². The lowest BCUT2D eigenvalue weighted by Gasteiger charge is -2.33. The number of ether oxygens (including phenoxy) is 3. The van der Waals surface area contributed by atoms with Crippen molar-refractivity contribution in [2.24, 2.45) is 0 Å². The molecule has 3 atom stereocenters. The first-order valence-corrected chi connectivity index (χ1v) is 12.3. The van der Waals surface area contributed by atoms with Gasteiger partial charge in [0.25, 0.3) is 0 Å². The van der Waals surface area contributed by atoms with Gasteiger partial charge in [-0.15, -0.1) is 0 Å². The number of amides is 1. The zero-order valence-electron chi connectivity index (χ0n) is 20.0. The average Bonchev–Trinajstić information content (AvgIpc) is 3.51. The summed E-state index contributed by atoms with van der Waals surface area (Å²) in [5, 5.41) is 0. The minimum Gasteiger partial charge on any atom is -0.457 e. The van der Waals surface area contributed by atoms with Crippen molar-refractivity contribution in [3.63, 3.8) is 0 Å². The first-order valence-electron chi connectivity index (χ1n) is 12.3. The molecule has 2 fully saturated rings. The fraction of sp³-hybridized carbons (Fsp3) is 0.444. The van der Waals surface area contributed by atoms with Crippen molar-refractivity contribution < 1.29 is 33.5 Å². The number of hydrogen-bond acceptors (Lipinski definition) is 6. The number of fused-ring (bicyclic) bond motifs is 3. The third-order valence-corrected chi connectivity index (χ3v) is 8.24. The molecule has 0 aliphatic carbocycles. The highest BCUT2D eigenvalue weighted by atomic mass is 16.6. The van der Waals surface area contributed by atoms with Gasteiger partial charge in [0.05, 0.1) is 30.3 Å². The van der Waals surface area contributed by atoms with Crippen molar-refractivity contribution >= 4 is 18.0 Å². The summed E-state index contributed by atoms with van der Waals surface area (Å²) in [6.45, 7) is 7.94. The molecule has 4 heterocycles. The van der Waals surface area contributed by atoms with Gasteiger partial charge in [0.1, 0.15) is 19.8 Å². The number of benzene rings is 2. The maximum atomic E-state index is 12.8. The van der Waals surface area contributed by atoms with E-state index in [2.05, 4.69) is 6.92 Å². The molecule has 2 aromatic rings. The molecule has 8 nitrogen and oxygen atoms in total. The fourth-order valence-corrected chi connectivity index (χ4v) is 6.01. The molecule has 1 amide bonds. The van der Waals surface area contributed by atoms with Gasteiger partial charge < -0.3 is 19.1 Å². The minimum atomic E-state index is -0.275. The van der Waals surface area contributed by atoms with Crippen LogP contribution in [0.25, 0.3) is 0 Å². The summed E-state index contributed by atoms with van der Waals surface area (Å²) < 4.78 is 16.2. The molecule has 0 aromatic heterocycles. The predicted molar refractivity (Wildman–Crippen MR) is 124 cm³/mol. The van der Waals surface area contributed by atoms with Gasteiger partial charge in [0, 0.05) is 30.5 Å². The Morgan fingerprint density at radius 3 is 2.23 bits per heavy atom. The van der Waals surface area contributed by atoms with E-state index >= 15 is 0 Å². The highest BCUT2D eigenvalue weighted by molar-refractivity contribution is 5.94. The Bertz CT molecular complexity index is 1250. The molecule has 4 aliphatic heterocycles. The number of quaternary nitrogens is 1. The van der Waals surface area contributed by atoms with Gasteiger partial charge in [-0.1, -0.05) is 12.1 Å². The molecule has 8 heteroatoms. The lowest BCUT2D eigenvalue weighted by Crippen LogP contribution is -3.15. The topological polar surface area (TPSA) is 86.6 Å². The Labute approximate surface area is 203 Å². The van der Waals surface area contributed by atoms with E-state index in [0.717, 1.165) is 60.3 Å². The maximum Gasteiger partial charge on any atom is 0.411 e. The lowest BCUT2D eigenvalue weighted by molar-refractivity contribution is -0.908. The number of nitrogens with one attached hydrogen (secondary N) is 1. The molecule has 2 aromatic carbocycles. The van der Waals surface area contributed by atoms with E-state index in [1.54, 1.807) is 0 Å². The van der Waals surface area contributed by atoms with Crippen LogP contribution in [-0.2, 0) is 40.4 Å². The van der Waals surface area contributed by atoms with Crippen molar-refractivity contribution in [3.05, 3.63) is 68.8 Å². The highest BCUT2D eigenvalue weighted by Gasteiger charge is 2.46. The van der Waals surface area contributed by atoms with Crippen molar-refractivity contribution in [1.82, 2.24) is 4.90 Å². The summed E-state index contributed by atoms with van der Waals surface area (Å²) in [7, 11) is 0. The fourth-order valence-electron chi connectivity index (χ4n) is 6.01. The first-order chi connectivity index (χ1) is 16.9. The van der Waals surface area contributed by atoms with E-state index in [-0.39, 0.29) is 30.2 Å². The second-order valence-corrected chi connectivity index (χ2v) is 10.0. The summed E-state index contributed by atoms with van der Waals surface area (Å²) in [5.74, 6) is -0.505. The van der Waals surface area contributed by atoms with Crippen LogP contribution in [0.1, 0.15) is 60.5 Å². The number of piperidine rings is 1. The molecule has 0 radical (unpaired) electrons. The predicted octanol–water partition coefficient (Wildman–Crippen LogP) is 1.86. The summed E-state index contributed by atoms with van der Waals surface area (Å²) >= 11 is 0. The zero-order valence-corrected chi connectivity index (χ0v) is 20.0. The van der Waals surface area contributed by atoms with Crippen LogP contribution >= 0.6 is 0 Å². The van der Waals surface area contributed by atoms with E-state index in [9.17, 15) is 14.4 Å². The second kappa shape index (κ2) is 8.37. The van der Waals surface area contributed by atoms with Crippen LogP contribution in [0.3, 0.4) is 0 Å². The van der Waals surface area contributed by atoms with Gasteiger partial charge in [-0.2, -0.15) is 0 Å². The lowest BCUT2D eigenvalue weighted by atomic mass is 9.95. The van der Waals surface area contributed by atoms with Gasteiger partial charge in [0.2, 0.25) is 0 Å². The van der Waals surface area contributed by atoms with Crippen molar-refractivity contribution in [3.8, 4) is 0 Å². The third-order valence-electron chi connectivity index (χ3n) is 8.24. The quantitative estimate of drug-likeness (QED) is 0.523. The van der Waals surface area contributed by atoms with Crippen molar-refractivity contribution in [2.75, 3.05) is 19.6 Å². The Kier molecular flexibility index (Phi) is 5.29. The summed E-state index contributed by atoms with van der Waals surface area (Å²) in [6, 6.07) is 7.73. The normalized spacial score (nSPS) is 24.6. The van der Waals surface area contributed by atoms with Crippen LogP contribution < -0.4 is 4.90 Å². The number of likely N-dealkylation sites (tertiary alicyclic amines) is 1. The molecule has 1 unspecified atom stereocenters. The van der Waals surface area contributed by atoms with E-state index in [1.165, 1.54) is 10.5 Å². The smallest absolute Gasteiger partial charge is 0.411 e. The molecule has 182 valence electrons. The van der Waals surface area contributed by atoms with Crippen molar-refractivity contribution in [2.45, 2.75) is 58.6 Å². The van der Waals surface area contributed by atoms with Gasteiger partial charge in [-0.25, -0.2) is 14.4 Å². The van der Waals surface area contributed by atoms with Crippen LogP contribution in [0.4, 0.5) is 4.79 Å². The second-order valence-electron chi connectivity index (χ2n) is 10.0. The van der Waals surface area contributed by atoms with Crippen LogP contribution in [0.2, 0.25) is 0 Å². The number of carbonyl (C=O) groups is 3. The first kappa shape index (κ1) is 22.1. The van der Waals surface area contributed by atoms with Gasteiger partial charge >= 0.3 is 18.0 Å². The Balaban J connectivity index is 1.10. The summed E-state index contributed by atoms with van der Waals surface area (Å²) in [4.78, 5) is 39.7. The molecule has 4 aliphatic rings. The van der Waals surface area contributed by atoms with E-state index in [4.69, 9.17) is 14.2 Å². The zero-order chi connectivity index (χ0) is 24.3.